The van der Waals surface area contributed by atoms with Gasteiger partial charge in [-0.1, -0.05) is 219 Å². The van der Waals surface area contributed by atoms with Gasteiger partial charge in [0.05, 0.1) is 25.4 Å². The fourth-order valence-corrected chi connectivity index (χ4v) is 7.16. The van der Waals surface area contributed by atoms with Gasteiger partial charge in [0.15, 0.2) is 0 Å². The Kier molecular flexibility index (Phi) is 42.2. The van der Waals surface area contributed by atoms with Gasteiger partial charge < -0.3 is 20.3 Å². The molecule has 0 fully saturated rings. The summed E-state index contributed by atoms with van der Waals surface area (Å²) in [5.41, 5.74) is 0. The van der Waals surface area contributed by atoms with Crippen molar-refractivity contribution in [3.63, 3.8) is 0 Å². The molecule has 0 aliphatic heterocycles. The Morgan fingerprint density at radius 1 is 0.509 bits per heavy atom. The molecule has 3 N–H and O–H groups in total. The molecule has 0 bridgehead atoms. The van der Waals surface area contributed by atoms with E-state index in [2.05, 4.69) is 19.2 Å². The van der Waals surface area contributed by atoms with Crippen LogP contribution in [0.5, 0.6) is 0 Å². The second-order valence-electron chi connectivity index (χ2n) is 16.1. The third-order valence-electron chi connectivity index (χ3n) is 10.8. The van der Waals surface area contributed by atoms with Crippen LogP contribution < -0.4 is 5.32 Å². The van der Waals surface area contributed by atoms with Crippen LogP contribution >= 0.6 is 0 Å². The second-order valence-corrected chi connectivity index (χ2v) is 16.1. The lowest BCUT2D eigenvalue weighted by molar-refractivity contribution is -0.143. The molecule has 0 aliphatic rings. The van der Waals surface area contributed by atoms with E-state index in [-0.39, 0.29) is 18.5 Å². The minimum atomic E-state index is -0.847. The maximum atomic E-state index is 12.3. The first-order valence-electron chi connectivity index (χ1n) is 23.5. The minimum Gasteiger partial charge on any atom is -0.466 e. The summed E-state index contributed by atoms with van der Waals surface area (Å²) in [5, 5.41) is 22.9. The van der Waals surface area contributed by atoms with E-state index in [0.717, 1.165) is 57.8 Å². The van der Waals surface area contributed by atoms with E-state index in [1.165, 1.54) is 167 Å². The average Bonchev–Trinajstić information content (AvgIpc) is 3.16. The van der Waals surface area contributed by atoms with E-state index in [1.54, 1.807) is 6.08 Å². The number of nitrogens with one attached hydrogen (secondary N) is 1. The molecule has 0 aromatic rings. The molecule has 0 aliphatic carbocycles. The monoisotopic (exact) mass is 750 g/mol. The predicted octanol–water partition coefficient (Wildman–Crippen LogP) is 13.4. The Labute approximate surface area is 329 Å². The van der Waals surface area contributed by atoms with Crippen LogP contribution in [-0.2, 0) is 14.3 Å². The van der Waals surface area contributed by atoms with Crippen LogP contribution in [-0.4, -0.2) is 47.4 Å². The molecule has 6 heteroatoms. The van der Waals surface area contributed by atoms with Gasteiger partial charge in [-0.2, -0.15) is 0 Å². The number of unbranched alkanes of at least 4 members (excludes halogenated alkanes) is 32. The lowest BCUT2D eigenvalue weighted by Gasteiger charge is -2.20. The Morgan fingerprint density at radius 3 is 1.28 bits per heavy atom. The summed E-state index contributed by atoms with van der Waals surface area (Å²) in [6.07, 6.45) is 47.7. The van der Waals surface area contributed by atoms with E-state index < -0.39 is 12.1 Å². The topological polar surface area (TPSA) is 95.9 Å². The molecule has 0 saturated carbocycles. The molecule has 0 heterocycles. The first-order valence-corrected chi connectivity index (χ1v) is 23.5. The summed E-state index contributed by atoms with van der Waals surface area (Å²) in [5.74, 6) is -0.0837. The third-order valence-corrected chi connectivity index (χ3v) is 10.8. The Bertz CT molecular complexity index is 787. The van der Waals surface area contributed by atoms with Crippen molar-refractivity contribution in [1.29, 1.82) is 0 Å². The number of ether oxygens (including phenoxy) is 1. The largest absolute Gasteiger partial charge is 0.466 e. The maximum absolute atomic E-state index is 12.3. The third kappa shape index (κ3) is 40.1. The Morgan fingerprint density at radius 2 is 0.868 bits per heavy atom. The summed E-state index contributed by atoms with van der Waals surface area (Å²) >= 11 is 0. The molecular weight excluding hydrogens is 659 g/mol. The number of carbonyl (C=O) groups excluding carboxylic acids is 2. The summed E-state index contributed by atoms with van der Waals surface area (Å²) in [4.78, 5) is 24.3. The molecule has 0 spiro atoms. The zero-order valence-electron chi connectivity index (χ0n) is 35.5. The van der Waals surface area contributed by atoms with Crippen molar-refractivity contribution in [2.24, 2.45) is 0 Å². The quantitative estimate of drug-likeness (QED) is 0.0328. The maximum Gasteiger partial charge on any atom is 0.305 e. The number of carbonyl (C=O) groups is 2. The highest BCUT2D eigenvalue weighted by molar-refractivity contribution is 5.76. The number of hydrogen-bond acceptors (Lipinski definition) is 5. The van der Waals surface area contributed by atoms with Gasteiger partial charge in [-0.05, 0) is 32.1 Å². The fourth-order valence-electron chi connectivity index (χ4n) is 7.16. The molecule has 2 atom stereocenters. The molecule has 2 unspecified atom stereocenters. The van der Waals surface area contributed by atoms with Gasteiger partial charge in [0.2, 0.25) is 5.91 Å². The molecule has 53 heavy (non-hydrogen) atoms. The SMILES string of the molecule is CCCCCCCCC/C=C/C(O)C(CO)NC(=O)CCCCCCCCCCCCCCCCOC(=O)CCCCCCCCCCCCCCC. The zero-order chi connectivity index (χ0) is 38.7. The molecule has 0 aromatic carbocycles. The van der Waals surface area contributed by atoms with Gasteiger partial charge >= 0.3 is 5.97 Å². The molecule has 6 nitrogen and oxygen atoms in total. The molecule has 0 aromatic heterocycles. The number of aliphatic hydroxyl groups is 2. The van der Waals surface area contributed by atoms with E-state index >= 15 is 0 Å². The van der Waals surface area contributed by atoms with Crippen LogP contribution in [0.2, 0.25) is 0 Å². The number of allylic oxidation sites excluding steroid dienone is 1. The molecule has 0 saturated heterocycles. The van der Waals surface area contributed by atoms with E-state index in [4.69, 9.17) is 4.74 Å². The van der Waals surface area contributed by atoms with Crippen molar-refractivity contribution in [2.45, 2.75) is 264 Å². The lowest BCUT2D eigenvalue weighted by atomic mass is 10.0. The molecule has 314 valence electrons. The van der Waals surface area contributed by atoms with E-state index in [1.807, 2.05) is 6.08 Å². The van der Waals surface area contributed by atoms with Crippen LogP contribution in [0, 0.1) is 0 Å². The average molecular weight is 750 g/mol. The van der Waals surface area contributed by atoms with Crippen LogP contribution in [0.3, 0.4) is 0 Å². The minimum absolute atomic E-state index is 0.00260. The van der Waals surface area contributed by atoms with Crippen molar-refractivity contribution < 1.29 is 24.5 Å². The van der Waals surface area contributed by atoms with Crippen LogP contribution in [0.25, 0.3) is 0 Å². The first kappa shape index (κ1) is 51.6. The first-order chi connectivity index (χ1) is 26.0. The van der Waals surface area contributed by atoms with Crippen LogP contribution in [0.15, 0.2) is 12.2 Å². The van der Waals surface area contributed by atoms with Crippen molar-refractivity contribution >= 4 is 11.9 Å². The highest BCUT2D eigenvalue weighted by Crippen LogP contribution is 2.16. The van der Waals surface area contributed by atoms with Gasteiger partial charge in [0.25, 0.3) is 0 Å². The van der Waals surface area contributed by atoms with Gasteiger partial charge in [-0.3, -0.25) is 9.59 Å². The van der Waals surface area contributed by atoms with Gasteiger partial charge in [0, 0.05) is 12.8 Å². The number of hydrogen-bond donors (Lipinski definition) is 3. The standard InChI is InChI=1S/C47H91NO5/c1-3-5-7-9-11-13-14-17-21-25-29-33-37-41-47(52)53-42-38-34-30-26-22-19-16-15-18-20-24-28-32-36-40-46(51)48-44(43-49)45(50)39-35-31-27-23-12-10-8-6-4-2/h35,39,44-45,49-50H,3-34,36-38,40-43H2,1-2H3,(H,48,51)/b39-35+. The highest BCUT2D eigenvalue weighted by atomic mass is 16.5. The van der Waals surface area contributed by atoms with Gasteiger partial charge in [-0.25, -0.2) is 0 Å². The van der Waals surface area contributed by atoms with Crippen molar-refractivity contribution in [3.05, 3.63) is 12.2 Å². The fraction of sp³-hybridized carbons (Fsp3) is 0.915. The van der Waals surface area contributed by atoms with E-state index in [0.29, 0.717) is 19.4 Å². The molecule has 0 rings (SSSR count). The second kappa shape index (κ2) is 43.3. The van der Waals surface area contributed by atoms with Gasteiger partial charge in [-0.15, -0.1) is 0 Å². The summed E-state index contributed by atoms with van der Waals surface area (Å²) in [6, 6.07) is -0.632. The summed E-state index contributed by atoms with van der Waals surface area (Å²) in [7, 11) is 0. The Hall–Kier alpha value is -1.40. The van der Waals surface area contributed by atoms with Crippen LogP contribution in [0.1, 0.15) is 251 Å². The van der Waals surface area contributed by atoms with Gasteiger partial charge in [0.1, 0.15) is 0 Å². The molecule has 0 radical (unpaired) electrons. The lowest BCUT2D eigenvalue weighted by Crippen LogP contribution is -2.45. The number of amides is 1. The number of esters is 1. The van der Waals surface area contributed by atoms with Crippen molar-refractivity contribution in [1.82, 2.24) is 5.32 Å². The summed E-state index contributed by atoms with van der Waals surface area (Å²) < 4.78 is 5.45. The van der Waals surface area contributed by atoms with Crippen molar-refractivity contribution in [3.8, 4) is 0 Å². The summed E-state index contributed by atoms with van der Waals surface area (Å²) in [6.45, 7) is 4.85. The predicted molar refractivity (Wildman–Crippen MR) is 227 cm³/mol. The van der Waals surface area contributed by atoms with E-state index in [9.17, 15) is 19.8 Å². The van der Waals surface area contributed by atoms with Crippen molar-refractivity contribution in [2.75, 3.05) is 13.2 Å². The zero-order valence-corrected chi connectivity index (χ0v) is 35.5. The highest BCUT2D eigenvalue weighted by Gasteiger charge is 2.18. The number of aliphatic hydroxyl groups excluding tert-OH is 2. The molecular formula is C47H91NO5. The normalized spacial score (nSPS) is 12.8. The van der Waals surface area contributed by atoms with Crippen LogP contribution in [0.4, 0.5) is 0 Å². The number of rotatable bonds is 43. The smallest absolute Gasteiger partial charge is 0.305 e. The Balaban J connectivity index is 3.43. The molecule has 1 amide bonds.